The Bertz CT molecular complexity index is 534. The first-order chi connectivity index (χ1) is 11.6. The molecule has 1 aromatic heterocycles. The van der Waals surface area contributed by atoms with Crippen molar-refractivity contribution in [3.8, 4) is 0 Å². The molecule has 1 aliphatic carbocycles. The first-order valence-corrected chi connectivity index (χ1v) is 9.47. The van der Waals surface area contributed by atoms with Crippen molar-refractivity contribution in [3.63, 3.8) is 0 Å². The van der Waals surface area contributed by atoms with Crippen molar-refractivity contribution in [2.24, 2.45) is 17.5 Å². The summed E-state index contributed by atoms with van der Waals surface area (Å²) in [5.74, 6) is 2.73. The van der Waals surface area contributed by atoms with E-state index < -0.39 is 0 Å². The number of unbranched alkanes of at least 4 members (excludes halogenated alkanes) is 1. The first-order valence-electron chi connectivity index (χ1n) is 9.47. The van der Waals surface area contributed by atoms with E-state index in [0.29, 0.717) is 12.0 Å². The van der Waals surface area contributed by atoms with Gasteiger partial charge in [-0.1, -0.05) is 33.1 Å². The average molecular weight is 462 g/mol. The minimum atomic E-state index is 0. The molecule has 25 heavy (non-hydrogen) atoms. The number of aromatic nitrogens is 3. The summed E-state index contributed by atoms with van der Waals surface area (Å²) in [6, 6.07) is 0. The number of rotatable bonds is 8. The molecule has 144 valence electrons. The van der Waals surface area contributed by atoms with Gasteiger partial charge in [-0.15, -0.1) is 34.2 Å². The predicted octanol–water partition coefficient (Wildman–Crippen LogP) is 3.55. The summed E-state index contributed by atoms with van der Waals surface area (Å²) in [5, 5.41) is 15.4. The van der Waals surface area contributed by atoms with E-state index in [4.69, 9.17) is 4.99 Å². The second-order valence-corrected chi connectivity index (χ2v) is 7.08. The van der Waals surface area contributed by atoms with Crippen LogP contribution >= 0.6 is 24.0 Å². The lowest BCUT2D eigenvalue weighted by Crippen LogP contribution is -2.43. The molecule has 7 heteroatoms. The van der Waals surface area contributed by atoms with Gasteiger partial charge in [0, 0.05) is 20.1 Å². The molecule has 0 unspecified atom stereocenters. The van der Waals surface area contributed by atoms with Gasteiger partial charge in [0.05, 0.1) is 0 Å². The van der Waals surface area contributed by atoms with Gasteiger partial charge >= 0.3 is 0 Å². The van der Waals surface area contributed by atoms with Crippen LogP contribution in [0.25, 0.3) is 0 Å². The fraction of sp³-hybridized carbons (Fsp3) is 0.833. The highest BCUT2D eigenvalue weighted by atomic mass is 127. The Morgan fingerprint density at radius 2 is 1.92 bits per heavy atom. The molecular formula is C18H35IN6. The van der Waals surface area contributed by atoms with Crippen LogP contribution in [0.5, 0.6) is 0 Å². The van der Waals surface area contributed by atoms with Crippen LogP contribution in [0.15, 0.2) is 4.99 Å². The molecule has 1 fully saturated rings. The number of aryl methyl sites for hydroxylation is 1. The number of guanidine groups is 1. The van der Waals surface area contributed by atoms with Gasteiger partial charge in [0.25, 0.3) is 0 Å². The van der Waals surface area contributed by atoms with E-state index in [-0.39, 0.29) is 24.0 Å². The highest BCUT2D eigenvalue weighted by Gasteiger charge is 2.31. The van der Waals surface area contributed by atoms with Crippen LogP contribution < -0.4 is 10.6 Å². The summed E-state index contributed by atoms with van der Waals surface area (Å²) in [6.45, 7) is 9.01. The van der Waals surface area contributed by atoms with Crippen LogP contribution in [0, 0.1) is 12.3 Å². The smallest absolute Gasteiger partial charge is 0.191 e. The van der Waals surface area contributed by atoms with Crippen molar-refractivity contribution in [1.82, 2.24) is 25.4 Å². The molecular weight excluding hydrogens is 427 g/mol. The topological polar surface area (TPSA) is 67.1 Å². The van der Waals surface area contributed by atoms with E-state index >= 15 is 0 Å². The van der Waals surface area contributed by atoms with Gasteiger partial charge in [-0.25, -0.2) is 4.99 Å². The Hall–Kier alpha value is -0.860. The maximum Gasteiger partial charge on any atom is 0.191 e. The third-order valence-electron chi connectivity index (χ3n) is 5.43. The zero-order chi connectivity index (χ0) is 17.4. The molecule has 0 atom stereocenters. The molecule has 0 spiro atoms. The van der Waals surface area contributed by atoms with Crippen molar-refractivity contribution in [2.75, 3.05) is 13.1 Å². The zero-order valence-corrected chi connectivity index (χ0v) is 18.6. The number of nitrogens with one attached hydrogen (secondary N) is 2. The van der Waals surface area contributed by atoms with Gasteiger partial charge in [-0.2, -0.15) is 0 Å². The fourth-order valence-electron chi connectivity index (χ4n) is 3.35. The second-order valence-electron chi connectivity index (χ2n) is 7.08. The van der Waals surface area contributed by atoms with Crippen LogP contribution in [0.3, 0.4) is 0 Å². The van der Waals surface area contributed by atoms with Gasteiger partial charge in [0.15, 0.2) is 11.8 Å². The number of nitrogens with zero attached hydrogens (tertiary/aromatic N) is 4. The van der Waals surface area contributed by atoms with Crippen LogP contribution in [0.2, 0.25) is 0 Å². The maximum atomic E-state index is 4.74. The summed E-state index contributed by atoms with van der Waals surface area (Å²) in [5.41, 5.74) is 0.453. The quantitative estimate of drug-likeness (QED) is 0.269. The molecule has 6 nitrogen and oxygen atoms in total. The van der Waals surface area contributed by atoms with Gasteiger partial charge < -0.3 is 15.2 Å². The summed E-state index contributed by atoms with van der Waals surface area (Å²) in [6.07, 6.45) is 8.98. The Labute approximate surface area is 169 Å². The molecule has 0 amide bonds. The number of hydrogen-bond acceptors (Lipinski definition) is 3. The zero-order valence-electron chi connectivity index (χ0n) is 16.3. The highest BCUT2D eigenvalue weighted by molar-refractivity contribution is 14.0. The maximum absolute atomic E-state index is 4.74. The van der Waals surface area contributed by atoms with E-state index in [1.165, 1.54) is 38.5 Å². The van der Waals surface area contributed by atoms with Crippen molar-refractivity contribution in [2.45, 2.75) is 72.3 Å². The second kappa shape index (κ2) is 11.0. The molecule has 0 aliphatic heterocycles. The van der Waals surface area contributed by atoms with E-state index in [1.807, 2.05) is 18.5 Å². The molecule has 0 saturated heterocycles. The minimum Gasteiger partial charge on any atom is -0.356 e. The SMILES string of the molecule is CCCCNC(=NCc1nnc(C)n1C)NCC1(CC)CCCC1.I. The van der Waals surface area contributed by atoms with Crippen molar-refractivity contribution < 1.29 is 0 Å². The van der Waals surface area contributed by atoms with Gasteiger partial charge in [-0.05, 0) is 38.0 Å². The van der Waals surface area contributed by atoms with Gasteiger partial charge in [0.1, 0.15) is 12.4 Å². The Balaban J connectivity index is 0.00000312. The van der Waals surface area contributed by atoms with E-state index in [2.05, 4.69) is 34.7 Å². The van der Waals surface area contributed by atoms with Crippen molar-refractivity contribution >= 4 is 29.9 Å². The molecule has 1 heterocycles. The standard InChI is InChI=1S/C18H34N6.HI/c1-5-7-12-19-17(20-13-16-23-22-15(3)24(16)4)21-14-18(6-2)10-8-9-11-18;/h5-14H2,1-4H3,(H2,19,20,21);1H. The van der Waals surface area contributed by atoms with E-state index in [9.17, 15) is 0 Å². The third-order valence-corrected chi connectivity index (χ3v) is 5.43. The molecule has 0 radical (unpaired) electrons. The van der Waals surface area contributed by atoms with Crippen molar-refractivity contribution in [1.29, 1.82) is 0 Å². The number of aliphatic imine (C=N–C) groups is 1. The van der Waals surface area contributed by atoms with Crippen LogP contribution in [0.4, 0.5) is 0 Å². The third kappa shape index (κ3) is 6.42. The van der Waals surface area contributed by atoms with Gasteiger partial charge in [0.2, 0.25) is 0 Å². The average Bonchev–Trinajstić information content (AvgIpc) is 3.19. The fourth-order valence-corrected chi connectivity index (χ4v) is 3.35. The van der Waals surface area contributed by atoms with Crippen LogP contribution in [-0.2, 0) is 13.6 Å². The molecule has 1 aromatic rings. The highest BCUT2D eigenvalue weighted by Crippen LogP contribution is 2.40. The Kier molecular flexibility index (Phi) is 9.74. The van der Waals surface area contributed by atoms with Crippen molar-refractivity contribution in [3.05, 3.63) is 11.6 Å². The summed E-state index contributed by atoms with van der Waals surface area (Å²) in [7, 11) is 1.99. The van der Waals surface area contributed by atoms with Crippen LogP contribution in [-0.4, -0.2) is 33.8 Å². The van der Waals surface area contributed by atoms with Crippen LogP contribution in [0.1, 0.15) is 70.4 Å². The van der Waals surface area contributed by atoms with E-state index in [0.717, 1.165) is 37.1 Å². The first kappa shape index (κ1) is 22.2. The summed E-state index contributed by atoms with van der Waals surface area (Å²) >= 11 is 0. The van der Waals surface area contributed by atoms with Gasteiger partial charge in [-0.3, -0.25) is 0 Å². The number of hydrogen-bond donors (Lipinski definition) is 2. The monoisotopic (exact) mass is 462 g/mol. The Morgan fingerprint density at radius 3 is 2.48 bits per heavy atom. The van der Waals surface area contributed by atoms with E-state index in [1.54, 1.807) is 0 Å². The normalized spacial score (nSPS) is 16.6. The largest absolute Gasteiger partial charge is 0.356 e. The lowest BCUT2D eigenvalue weighted by molar-refractivity contribution is 0.283. The lowest BCUT2D eigenvalue weighted by atomic mass is 9.83. The predicted molar refractivity (Wildman–Crippen MR) is 114 cm³/mol. The molecule has 1 aliphatic rings. The molecule has 2 rings (SSSR count). The number of halogens is 1. The Morgan fingerprint density at radius 1 is 1.20 bits per heavy atom. The molecule has 0 aromatic carbocycles. The summed E-state index contributed by atoms with van der Waals surface area (Å²) in [4.78, 5) is 4.74. The minimum absolute atomic E-state index is 0. The molecule has 2 N–H and O–H groups in total. The molecule has 0 bridgehead atoms. The lowest BCUT2D eigenvalue weighted by Gasteiger charge is -2.28. The molecule has 1 saturated carbocycles. The summed E-state index contributed by atoms with van der Waals surface area (Å²) < 4.78 is 2.00.